The molecule has 1 aromatic heterocycles. The van der Waals surface area contributed by atoms with Crippen molar-refractivity contribution in [2.24, 2.45) is 5.41 Å². The highest BCUT2D eigenvalue weighted by Crippen LogP contribution is 2.30. The van der Waals surface area contributed by atoms with E-state index >= 15 is 0 Å². The summed E-state index contributed by atoms with van der Waals surface area (Å²) < 4.78 is 0. The highest BCUT2D eigenvalue weighted by atomic mass is 32.1. The molecule has 3 nitrogen and oxygen atoms in total. The zero-order chi connectivity index (χ0) is 12.5. The first-order valence-electron chi connectivity index (χ1n) is 5.28. The molecule has 0 saturated carbocycles. The highest BCUT2D eigenvalue weighted by molar-refractivity contribution is 7.12. The maximum atomic E-state index is 10.8. The fourth-order valence-electron chi connectivity index (χ4n) is 1.43. The molecule has 1 unspecified atom stereocenters. The van der Waals surface area contributed by atoms with Gasteiger partial charge in [0.1, 0.15) is 4.88 Å². The number of anilines is 1. The molecule has 1 atom stereocenters. The molecular formula is C12H19NO2S. The quantitative estimate of drug-likeness (QED) is 0.882. The van der Waals surface area contributed by atoms with Crippen LogP contribution in [0.15, 0.2) is 11.4 Å². The number of carboxylic acid groups (broad SMARTS) is 1. The third-order valence-electron chi connectivity index (χ3n) is 3.04. The summed E-state index contributed by atoms with van der Waals surface area (Å²) in [4.78, 5) is 13.3. The molecule has 4 heteroatoms. The smallest absolute Gasteiger partial charge is 0.345 e. The van der Waals surface area contributed by atoms with Crippen molar-refractivity contribution in [1.29, 1.82) is 0 Å². The van der Waals surface area contributed by atoms with Gasteiger partial charge in [0.05, 0.1) is 0 Å². The number of thiophene rings is 1. The predicted octanol–water partition coefficient (Wildman–Crippen LogP) is 3.32. The van der Waals surface area contributed by atoms with E-state index in [1.165, 1.54) is 11.3 Å². The van der Waals surface area contributed by atoms with Crippen molar-refractivity contribution in [2.75, 3.05) is 11.9 Å². The van der Waals surface area contributed by atoms with Crippen molar-refractivity contribution in [3.05, 3.63) is 16.3 Å². The minimum Gasteiger partial charge on any atom is -0.477 e. The molecule has 0 saturated heterocycles. The first kappa shape index (κ1) is 13.0. The molecule has 0 amide bonds. The van der Waals surface area contributed by atoms with Crippen molar-refractivity contribution >= 4 is 23.0 Å². The number of hydrogen-bond acceptors (Lipinski definition) is 3. The summed E-state index contributed by atoms with van der Waals surface area (Å²) in [7, 11) is 2.00. The molecule has 90 valence electrons. The maximum absolute atomic E-state index is 10.8. The Labute approximate surface area is 101 Å². The second-order valence-electron chi connectivity index (χ2n) is 5.13. The number of hydrogen-bond donors (Lipinski definition) is 1. The van der Waals surface area contributed by atoms with Crippen LogP contribution in [-0.4, -0.2) is 24.2 Å². The Balaban J connectivity index is 2.88. The molecule has 1 rings (SSSR count). The normalized spacial score (nSPS) is 13.6. The molecule has 0 aliphatic rings. The van der Waals surface area contributed by atoms with Gasteiger partial charge in [-0.1, -0.05) is 20.8 Å². The van der Waals surface area contributed by atoms with Gasteiger partial charge >= 0.3 is 5.97 Å². The summed E-state index contributed by atoms with van der Waals surface area (Å²) in [6.45, 7) is 8.69. The van der Waals surface area contributed by atoms with Crippen molar-refractivity contribution in [3.63, 3.8) is 0 Å². The van der Waals surface area contributed by atoms with Crippen molar-refractivity contribution < 1.29 is 9.90 Å². The monoisotopic (exact) mass is 241 g/mol. The molecule has 1 aromatic rings. The number of carbonyl (C=O) groups is 1. The minimum absolute atomic E-state index is 0.167. The van der Waals surface area contributed by atoms with E-state index < -0.39 is 5.97 Å². The van der Waals surface area contributed by atoms with E-state index in [0.717, 1.165) is 5.69 Å². The van der Waals surface area contributed by atoms with E-state index in [-0.39, 0.29) is 5.41 Å². The molecule has 0 fully saturated rings. The Morgan fingerprint density at radius 3 is 2.44 bits per heavy atom. The lowest BCUT2D eigenvalue weighted by Crippen LogP contribution is -2.39. The maximum Gasteiger partial charge on any atom is 0.345 e. The van der Waals surface area contributed by atoms with Crippen LogP contribution in [0.5, 0.6) is 0 Å². The summed E-state index contributed by atoms with van der Waals surface area (Å²) in [6, 6.07) is 2.08. The Kier molecular flexibility index (Phi) is 3.63. The predicted molar refractivity (Wildman–Crippen MR) is 68.6 cm³/mol. The van der Waals surface area contributed by atoms with Gasteiger partial charge in [0.25, 0.3) is 0 Å². The van der Waals surface area contributed by atoms with Gasteiger partial charge in [-0.15, -0.1) is 11.3 Å². The van der Waals surface area contributed by atoms with E-state index in [1.807, 2.05) is 12.4 Å². The SMILES string of the molecule is CC(N(C)c1csc(C(=O)O)c1)C(C)(C)C. The van der Waals surface area contributed by atoms with Gasteiger partial charge in [-0.3, -0.25) is 0 Å². The Hall–Kier alpha value is -1.03. The van der Waals surface area contributed by atoms with Gasteiger partial charge in [0.2, 0.25) is 0 Å². The van der Waals surface area contributed by atoms with E-state index in [9.17, 15) is 4.79 Å². The second-order valence-corrected chi connectivity index (χ2v) is 6.04. The largest absolute Gasteiger partial charge is 0.477 e. The topological polar surface area (TPSA) is 40.5 Å². The van der Waals surface area contributed by atoms with Crippen LogP contribution < -0.4 is 4.90 Å². The van der Waals surface area contributed by atoms with Gasteiger partial charge in [-0.05, 0) is 18.4 Å². The van der Waals surface area contributed by atoms with Crippen molar-refractivity contribution in [1.82, 2.24) is 0 Å². The lowest BCUT2D eigenvalue weighted by Gasteiger charge is -2.36. The number of carboxylic acids is 1. The van der Waals surface area contributed by atoms with E-state index in [2.05, 4.69) is 32.6 Å². The lowest BCUT2D eigenvalue weighted by molar-refractivity contribution is 0.0702. The number of nitrogens with zero attached hydrogens (tertiary/aromatic N) is 1. The Morgan fingerprint density at radius 2 is 2.06 bits per heavy atom. The standard InChI is InChI=1S/C12H19NO2S/c1-8(12(2,3)4)13(5)9-6-10(11(14)15)16-7-9/h6-8H,1-5H3,(H,14,15). The summed E-state index contributed by atoms with van der Waals surface area (Å²) in [6.07, 6.45) is 0. The van der Waals surface area contributed by atoms with Gasteiger partial charge in [0, 0.05) is 24.2 Å². The van der Waals surface area contributed by atoms with Crippen molar-refractivity contribution in [3.8, 4) is 0 Å². The molecule has 0 aromatic carbocycles. The zero-order valence-electron chi connectivity index (χ0n) is 10.4. The molecule has 0 aliphatic carbocycles. The molecule has 0 spiro atoms. The van der Waals surface area contributed by atoms with Gasteiger partial charge in [0.15, 0.2) is 0 Å². The highest BCUT2D eigenvalue weighted by Gasteiger charge is 2.25. The van der Waals surface area contributed by atoms with Gasteiger partial charge < -0.3 is 10.0 Å². The zero-order valence-corrected chi connectivity index (χ0v) is 11.3. The third kappa shape index (κ3) is 2.76. The fourth-order valence-corrected chi connectivity index (χ4v) is 2.20. The molecular weight excluding hydrogens is 222 g/mol. The molecule has 0 bridgehead atoms. The minimum atomic E-state index is -0.854. The van der Waals surface area contributed by atoms with Gasteiger partial charge in [-0.25, -0.2) is 4.79 Å². The van der Waals surface area contributed by atoms with Crippen LogP contribution in [0.1, 0.15) is 37.4 Å². The van der Waals surface area contributed by atoms with E-state index in [0.29, 0.717) is 10.9 Å². The summed E-state index contributed by atoms with van der Waals surface area (Å²) in [5, 5.41) is 10.8. The van der Waals surface area contributed by atoms with Crippen LogP contribution in [0.4, 0.5) is 5.69 Å². The molecule has 1 heterocycles. The third-order valence-corrected chi connectivity index (χ3v) is 3.94. The van der Waals surface area contributed by atoms with Crippen LogP contribution in [-0.2, 0) is 0 Å². The Bertz CT molecular complexity index is 379. The average Bonchev–Trinajstić information content (AvgIpc) is 2.62. The van der Waals surface area contributed by atoms with E-state index in [4.69, 9.17) is 5.11 Å². The first-order chi connectivity index (χ1) is 7.23. The molecule has 1 N–H and O–H groups in total. The first-order valence-corrected chi connectivity index (χ1v) is 6.16. The average molecular weight is 241 g/mol. The summed E-state index contributed by atoms with van der Waals surface area (Å²) in [5.74, 6) is -0.854. The number of rotatable bonds is 3. The number of aromatic carboxylic acids is 1. The van der Waals surface area contributed by atoms with Crippen LogP contribution in [0, 0.1) is 5.41 Å². The second kappa shape index (κ2) is 4.45. The van der Waals surface area contributed by atoms with Crippen LogP contribution in [0.2, 0.25) is 0 Å². The van der Waals surface area contributed by atoms with Crippen LogP contribution in [0.25, 0.3) is 0 Å². The molecule has 0 radical (unpaired) electrons. The van der Waals surface area contributed by atoms with Gasteiger partial charge in [-0.2, -0.15) is 0 Å². The lowest BCUT2D eigenvalue weighted by atomic mass is 9.87. The molecule has 0 aliphatic heterocycles. The van der Waals surface area contributed by atoms with E-state index in [1.54, 1.807) is 6.07 Å². The molecule has 16 heavy (non-hydrogen) atoms. The summed E-state index contributed by atoms with van der Waals surface area (Å²) >= 11 is 1.27. The van der Waals surface area contributed by atoms with Crippen LogP contribution >= 0.6 is 11.3 Å². The summed E-state index contributed by atoms with van der Waals surface area (Å²) in [5.41, 5.74) is 1.14. The van der Waals surface area contributed by atoms with Crippen molar-refractivity contribution in [2.45, 2.75) is 33.7 Å². The fraction of sp³-hybridized carbons (Fsp3) is 0.583. The Morgan fingerprint density at radius 1 is 1.50 bits per heavy atom. The van der Waals surface area contributed by atoms with Crippen LogP contribution in [0.3, 0.4) is 0 Å².